The number of aromatic nitrogens is 5. The maximum Gasteiger partial charge on any atom is 0.433 e. The van der Waals surface area contributed by atoms with Crippen molar-refractivity contribution >= 4 is 5.69 Å². The van der Waals surface area contributed by atoms with Crippen LogP contribution in [0.1, 0.15) is 5.69 Å². The molecule has 4 heterocycles. The first-order chi connectivity index (χ1) is 15.4. The molecule has 3 N–H and O–H groups in total. The molecule has 1 atom stereocenters. The van der Waals surface area contributed by atoms with Crippen molar-refractivity contribution in [2.75, 3.05) is 18.0 Å². The topological polar surface area (TPSA) is 137 Å². The summed E-state index contributed by atoms with van der Waals surface area (Å²) in [5.74, 6) is -3.78. The van der Waals surface area contributed by atoms with Gasteiger partial charge in [0.15, 0.2) is 6.10 Å². The van der Waals surface area contributed by atoms with Crippen LogP contribution in [0.15, 0.2) is 45.0 Å². The Hall–Kier alpha value is -4.04. The molecule has 0 radical (unpaired) electrons. The third-order valence-corrected chi connectivity index (χ3v) is 4.78. The van der Waals surface area contributed by atoms with E-state index < -0.39 is 53.8 Å². The van der Waals surface area contributed by atoms with E-state index in [4.69, 9.17) is 4.74 Å². The van der Waals surface area contributed by atoms with Crippen LogP contribution in [0.3, 0.4) is 0 Å². The number of rotatable bonds is 4. The zero-order chi connectivity index (χ0) is 24.0. The summed E-state index contributed by atoms with van der Waals surface area (Å²) in [4.78, 5) is 43.7. The summed E-state index contributed by atoms with van der Waals surface area (Å²) >= 11 is 0. The first-order valence-electron chi connectivity index (χ1n) is 9.19. The first-order valence-corrected chi connectivity index (χ1v) is 9.19. The van der Waals surface area contributed by atoms with Gasteiger partial charge in [-0.15, -0.1) is 0 Å². The van der Waals surface area contributed by atoms with E-state index in [2.05, 4.69) is 20.2 Å². The van der Waals surface area contributed by atoms with Gasteiger partial charge in [-0.1, -0.05) is 0 Å². The van der Waals surface area contributed by atoms with Gasteiger partial charge in [0.1, 0.15) is 17.1 Å². The number of nitrogens with zero attached hydrogens (tertiary/aromatic N) is 3. The molecule has 0 bridgehead atoms. The molecule has 174 valence electrons. The van der Waals surface area contributed by atoms with Crippen molar-refractivity contribution in [2.45, 2.75) is 18.2 Å². The normalized spacial score (nSPS) is 17.8. The van der Waals surface area contributed by atoms with Crippen LogP contribution in [0, 0.1) is 0 Å². The lowest BCUT2D eigenvalue weighted by Gasteiger charge is -2.19. The van der Waals surface area contributed by atoms with Crippen LogP contribution in [0.2, 0.25) is 0 Å². The molecule has 1 unspecified atom stereocenters. The van der Waals surface area contributed by atoms with Crippen LogP contribution in [-0.4, -0.2) is 50.3 Å². The first kappa shape index (κ1) is 22.2. The summed E-state index contributed by atoms with van der Waals surface area (Å²) in [6, 6.07) is 2.57. The minimum absolute atomic E-state index is 0.0956. The van der Waals surface area contributed by atoms with E-state index in [0.29, 0.717) is 12.3 Å². The van der Waals surface area contributed by atoms with Crippen molar-refractivity contribution in [2.24, 2.45) is 0 Å². The van der Waals surface area contributed by atoms with E-state index >= 15 is 0 Å². The van der Waals surface area contributed by atoms with Crippen LogP contribution < -0.4 is 26.4 Å². The molecule has 15 heteroatoms. The number of hydrogen-bond acceptors (Lipinski definition) is 7. The van der Waals surface area contributed by atoms with Crippen LogP contribution in [0.5, 0.6) is 5.75 Å². The van der Waals surface area contributed by atoms with E-state index in [1.807, 2.05) is 4.98 Å². The highest BCUT2D eigenvalue weighted by Gasteiger charge is 2.50. The fourth-order valence-corrected chi connectivity index (χ4v) is 3.21. The molecule has 0 spiro atoms. The Balaban J connectivity index is 1.59. The highest BCUT2D eigenvalue weighted by atomic mass is 19.4. The molecule has 3 aromatic rings. The van der Waals surface area contributed by atoms with Crippen LogP contribution in [-0.2, 0) is 6.18 Å². The standard InChI is InChI=1S/C18H13F5N6O4/c19-17(20)7-29(6-13(17)33-8-1-2-12(24-4-8)18(21,22)23)11-3-10(27-28-15(11)31)9-5-25-16(32)26-14(9)30/h1-5,13H,6-7H2,(H,28,31)(H2,25,26,30,32). The predicted octanol–water partition coefficient (Wildman–Crippen LogP) is 1.13. The van der Waals surface area contributed by atoms with Gasteiger partial charge in [0.25, 0.3) is 11.1 Å². The molecule has 33 heavy (non-hydrogen) atoms. The van der Waals surface area contributed by atoms with Gasteiger partial charge in [-0.3, -0.25) is 14.6 Å². The highest BCUT2D eigenvalue weighted by Crippen LogP contribution is 2.34. The smallest absolute Gasteiger partial charge is 0.433 e. The number of halogens is 5. The van der Waals surface area contributed by atoms with Gasteiger partial charge in [-0.05, 0) is 18.2 Å². The van der Waals surface area contributed by atoms with Crippen molar-refractivity contribution in [1.29, 1.82) is 0 Å². The van der Waals surface area contributed by atoms with Crippen molar-refractivity contribution in [3.8, 4) is 17.0 Å². The summed E-state index contributed by atoms with van der Waals surface area (Å²) in [7, 11) is 0. The van der Waals surface area contributed by atoms with E-state index in [0.717, 1.165) is 23.2 Å². The lowest BCUT2D eigenvalue weighted by atomic mass is 10.2. The number of nitrogens with one attached hydrogen (secondary N) is 3. The molecule has 0 aliphatic carbocycles. The predicted molar refractivity (Wildman–Crippen MR) is 102 cm³/mol. The molecule has 1 saturated heterocycles. The van der Waals surface area contributed by atoms with Gasteiger partial charge in [-0.2, -0.15) is 18.3 Å². The Morgan fingerprint density at radius 2 is 1.91 bits per heavy atom. The van der Waals surface area contributed by atoms with Crippen molar-refractivity contribution < 1.29 is 26.7 Å². The minimum Gasteiger partial charge on any atom is -0.481 e. The Morgan fingerprint density at radius 3 is 2.55 bits per heavy atom. The van der Waals surface area contributed by atoms with Gasteiger partial charge >= 0.3 is 17.8 Å². The van der Waals surface area contributed by atoms with Crippen LogP contribution in [0.4, 0.5) is 27.6 Å². The fraction of sp³-hybridized carbons (Fsp3) is 0.278. The van der Waals surface area contributed by atoms with Crippen LogP contribution in [0.25, 0.3) is 11.3 Å². The zero-order valence-electron chi connectivity index (χ0n) is 16.2. The number of aromatic amines is 3. The average Bonchev–Trinajstić information content (AvgIpc) is 3.02. The van der Waals surface area contributed by atoms with E-state index in [9.17, 15) is 36.3 Å². The Bertz CT molecular complexity index is 1350. The van der Waals surface area contributed by atoms with Gasteiger partial charge in [0, 0.05) is 6.20 Å². The van der Waals surface area contributed by atoms with E-state index in [-0.39, 0.29) is 22.7 Å². The fourth-order valence-electron chi connectivity index (χ4n) is 3.21. The highest BCUT2D eigenvalue weighted by molar-refractivity contribution is 5.62. The Labute approximate surface area is 179 Å². The molecule has 3 aromatic heterocycles. The average molecular weight is 472 g/mol. The summed E-state index contributed by atoms with van der Waals surface area (Å²) in [5, 5.41) is 5.80. The van der Waals surface area contributed by atoms with E-state index in [1.54, 1.807) is 0 Å². The van der Waals surface area contributed by atoms with Crippen molar-refractivity contribution in [1.82, 2.24) is 25.1 Å². The molecule has 1 aliphatic heterocycles. The number of ether oxygens (including phenoxy) is 1. The second-order valence-corrected chi connectivity index (χ2v) is 7.08. The molecule has 10 nitrogen and oxygen atoms in total. The largest absolute Gasteiger partial charge is 0.481 e. The summed E-state index contributed by atoms with van der Waals surface area (Å²) in [6.07, 6.45) is -4.77. The summed E-state index contributed by atoms with van der Waals surface area (Å²) < 4.78 is 72.2. The molecular formula is C18H13F5N6O4. The molecule has 0 saturated carbocycles. The molecule has 1 aliphatic rings. The summed E-state index contributed by atoms with van der Waals surface area (Å²) in [6.45, 7) is -1.44. The van der Waals surface area contributed by atoms with Crippen LogP contribution >= 0.6 is 0 Å². The SMILES string of the molecule is O=c1[nH]cc(-c2cc(N3CC(Oc4ccc(C(F)(F)F)nc4)C(F)(F)C3)c(=O)[nH]n2)c(=O)[nH]1. The van der Waals surface area contributed by atoms with Crippen molar-refractivity contribution in [3.05, 3.63) is 67.5 Å². The third kappa shape index (κ3) is 4.47. The number of hydrogen-bond donors (Lipinski definition) is 3. The lowest BCUT2D eigenvalue weighted by molar-refractivity contribution is -0.141. The molecule has 4 rings (SSSR count). The second-order valence-electron chi connectivity index (χ2n) is 7.08. The molecule has 0 aromatic carbocycles. The summed E-state index contributed by atoms with van der Waals surface area (Å²) in [5.41, 5.74) is -4.09. The number of anilines is 1. The maximum atomic E-state index is 14.6. The third-order valence-electron chi connectivity index (χ3n) is 4.78. The quantitative estimate of drug-likeness (QED) is 0.484. The lowest BCUT2D eigenvalue weighted by Crippen LogP contribution is -2.36. The van der Waals surface area contributed by atoms with E-state index in [1.165, 1.54) is 0 Å². The van der Waals surface area contributed by atoms with Gasteiger partial charge in [-0.25, -0.2) is 23.7 Å². The number of alkyl halides is 5. The molecular weight excluding hydrogens is 459 g/mol. The number of H-pyrrole nitrogens is 3. The zero-order valence-corrected chi connectivity index (χ0v) is 16.2. The van der Waals surface area contributed by atoms with Gasteiger partial charge in [0.2, 0.25) is 0 Å². The Morgan fingerprint density at radius 1 is 1.15 bits per heavy atom. The second kappa shape index (κ2) is 7.83. The van der Waals surface area contributed by atoms with Gasteiger partial charge in [0.05, 0.1) is 30.5 Å². The molecule has 1 fully saturated rings. The Kier molecular flexibility index (Phi) is 5.26. The molecule has 0 amide bonds. The number of pyridine rings is 1. The minimum atomic E-state index is -4.69. The van der Waals surface area contributed by atoms with Gasteiger partial charge < -0.3 is 14.6 Å². The monoisotopic (exact) mass is 472 g/mol. The van der Waals surface area contributed by atoms with Crippen molar-refractivity contribution in [3.63, 3.8) is 0 Å². The maximum absolute atomic E-state index is 14.6.